The Kier molecular flexibility index (Phi) is 1.23. The van der Waals surface area contributed by atoms with Gasteiger partial charge in [0, 0.05) is 17.9 Å². The van der Waals surface area contributed by atoms with Gasteiger partial charge < -0.3 is 4.85 Å². The van der Waals surface area contributed by atoms with E-state index in [1.165, 1.54) is 5.57 Å². The molecule has 0 aromatic heterocycles. The highest BCUT2D eigenvalue weighted by molar-refractivity contribution is 5.29. The van der Waals surface area contributed by atoms with E-state index in [4.69, 9.17) is 11.8 Å². The first-order chi connectivity index (χ1) is 5.36. The van der Waals surface area contributed by atoms with Crippen LogP contribution in [0.15, 0.2) is 11.6 Å². The predicted molar refractivity (Wildman–Crippen MR) is 40.3 cm³/mol. The van der Waals surface area contributed by atoms with Gasteiger partial charge in [0.15, 0.2) is 0 Å². The lowest BCUT2D eigenvalue weighted by molar-refractivity contribution is 0.834. The maximum Gasteiger partial charge on any atom is 0.231 e. The molecule has 0 bridgehead atoms. The smallest absolute Gasteiger partial charge is 0.231 e. The van der Waals surface area contributed by atoms with Crippen molar-refractivity contribution in [3.8, 4) is 6.07 Å². The molecule has 11 heavy (non-hydrogen) atoms. The summed E-state index contributed by atoms with van der Waals surface area (Å²) in [5.41, 5.74) is 1.25. The molecule has 2 heteroatoms. The minimum Gasteiger partial charge on any atom is -0.313 e. The van der Waals surface area contributed by atoms with Crippen LogP contribution in [0.1, 0.15) is 12.8 Å². The first kappa shape index (κ1) is 6.43. The highest BCUT2D eigenvalue weighted by atomic mass is 14.9. The summed E-state index contributed by atoms with van der Waals surface area (Å²) in [6.45, 7) is 6.83. The van der Waals surface area contributed by atoms with Crippen LogP contribution in [0, 0.1) is 29.7 Å². The van der Waals surface area contributed by atoms with Gasteiger partial charge in [-0.2, -0.15) is 5.26 Å². The molecule has 0 aromatic rings. The number of nitriles is 1. The second-order valence-corrected chi connectivity index (χ2v) is 3.29. The Balaban J connectivity index is 2.02. The van der Waals surface area contributed by atoms with Crippen molar-refractivity contribution in [2.75, 3.05) is 0 Å². The molecule has 2 unspecified atom stereocenters. The monoisotopic (exact) mass is 144 g/mol. The average molecular weight is 144 g/mol. The van der Waals surface area contributed by atoms with Crippen LogP contribution in [0.2, 0.25) is 0 Å². The normalized spacial score (nSPS) is 38.7. The van der Waals surface area contributed by atoms with Gasteiger partial charge in [-0.3, -0.25) is 0 Å². The molecule has 0 N–H and O–H groups in total. The second-order valence-electron chi connectivity index (χ2n) is 3.29. The van der Waals surface area contributed by atoms with E-state index in [-0.39, 0.29) is 0 Å². The van der Waals surface area contributed by atoms with Crippen LogP contribution < -0.4 is 0 Å². The molecule has 2 fully saturated rings. The molecule has 2 aliphatic carbocycles. The van der Waals surface area contributed by atoms with Crippen molar-refractivity contribution in [3.05, 3.63) is 23.1 Å². The third kappa shape index (κ3) is 0.835. The van der Waals surface area contributed by atoms with E-state index in [1.54, 1.807) is 6.08 Å². The summed E-state index contributed by atoms with van der Waals surface area (Å²) in [5.74, 6) is 1.21. The Morgan fingerprint density at radius 2 is 2.18 bits per heavy atom. The molecule has 0 saturated heterocycles. The molecule has 2 aliphatic rings. The molecular weight excluding hydrogens is 136 g/mol. The van der Waals surface area contributed by atoms with E-state index in [0.29, 0.717) is 17.9 Å². The van der Waals surface area contributed by atoms with Gasteiger partial charge in [0.1, 0.15) is 0 Å². The summed E-state index contributed by atoms with van der Waals surface area (Å²) in [6, 6.07) is 2.34. The Morgan fingerprint density at radius 3 is 2.64 bits per heavy atom. The van der Waals surface area contributed by atoms with Crippen LogP contribution in [0.4, 0.5) is 0 Å². The third-order valence-corrected chi connectivity index (χ3v) is 2.70. The van der Waals surface area contributed by atoms with Crippen molar-refractivity contribution >= 4 is 0 Å². The van der Waals surface area contributed by atoms with Gasteiger partial charge >= 0.3 is 0 Å². The Labute approximate surface area is 66.0 Å². The summed E-state index contributed by atoms with van der Waals surface area (Å²) in [7, 11) is 0. The number of allylic oxidation sites excluding steroid dienone is 2. The summed E-state index contributed by atoms with van der Waals surface area (Å²) in [5, 5.41) is 8.36. The molecule has 2 nitrogen and oxygen atoms in total. The van der Waals surface area contributed by atoms with E-state index in [1.807, 2.05) is 6.07 Å². The molecule has 0 spiro atoms. The van der Waals surface area contributed by atoms with Crippen molar-refractivity contribution in [2.24, 2.45) is 11.8 Å². The lowest BCUT2D eigenvalue weighted by atomic mass is 10.1. The highest BCUT2D eigenvalue weighted by Gasteiger charge is 2.60. The Bertz CT molecular complexity index is 276. The fourth-order valence-electron chi connectivity index (χ4n) is 2.06. The first-order valence-electron chi connectivity index (χ1n) is 3.81. The SMILES string of the molecule is [C-]#[N+]C1C2CC(=CC#N)CC21. The number of hydrogen-bond donors (Lipinski definition) is 0. The number of rotatable bonds is 0. The third-order valence-electron chi connectivity index (χ3n) is 2.70. The zero-order valence-corrected chi connectivity index (χ0v) is 6.12. The van der Waals surface area contributed by atoms with Gasteiger partial charge in [-0.15, -0.1) is 0 Å². The van der Waals surface area contributed by atoms with E-state index in [2.05, 4.69) is 4.85 Å². The van der Waals surface area contributed by atoms with Gasteiger partial charge in [0.05, 0.1) is 6.07 Å². The molecule has 0 radical (unpaired) electrons. The van der Waals surface area contributed by atoms with Crippen molar-refractivity contribution in [1.82, 2.24) is 0 Å². The van der Waals surface area contributed by atoms with Crippen LogP contribution in [-0.2, 0) is 0 Å². The maximum absolute atomic E-state index is 8.36. The molecular formula is C9H8N2. The summed E-state index contributed by atoms with van der Waals surface area (Å²) in [6.07, 6.45) is 3.66. The highest BCUT2D eigenvalue weighted by Crippen LogP contribution is 2.56. The van der Waals surface area contributed by atoms with Crippen LogP contribution in [0.3, 0.4) is 0 Å². The zero-order valence-electron chi connectivity index (χ0n) is 6.12. The van der Waals surface area contributed by atoms with Gasteiger partial charge in [0.25, 0.3) is 0 Å². The van der Waals surface area contributed by atoms with Crippen molar-refractivity contribution < 1.29 is 0 Å². The van der Waals surface area contributed by atoms with Gasteiger partial charge in [0.2, 0.25) is 6.04 Å². The molecule has 0 heterocycles. The van der Waals surface area contributed by atoms with Gasteiger partial charge in [-0.05, 0) is 12.8 Å². The van der Waals surface area contributed by atoms with Crippen molar-refractivity contribution in [1.29, 1.82) is 5.26 Å². The molecule has 2 atom stereocenters. The quantitative estimate of drug-likeness (QED) is 0.376. The zero-order chi connectivity index (χ0) is 7.84. The fourth-order valence-corrected chi connectivity index (χ4v) is 2.06. The largest absolute Gasteiger partial charge is 0.313 e. The van der Waals surface area contributed by atoms with Crippen molar-refractivity contribution in [3.63, 3.8) is 0 Å². The molecule has 54 valence electrons. The summed E-state index contributed by atoms with van der Waals surface area (Å²) in [4.78, 5) is 3.52. The lowest BCUT2D eigenvalue weighted by Crippen LogP contribution is -1.88. The van der Waals surface area contributed by atoms with E-state index in [0.717, 1.165) is 12.8 Å². The van der Waals surface area contributed by atoms with Crippen LogP contribution >= 0.6 is 0 Å². The van der Waals surface area contributed by atoms with E-state index < -0.39 is 0 Å². The second kappa shape index (κ2) is 2.10. The molecule has 2 rings (SSSR count). The van der Waals surface area contributed by atoms with Gasteiger partial charge in [-0.25, -0.2) is 6.57 Å². The summed E-state index contributed by atoms with van der Waals surface area (Å²) >= 11 is 0. The Hall–Kier alpha value is -1.28. The molecule has 2 saturated carbocycles. The predicted octanol–water partition coefficient (Wildman–Crippen LogP) is 1.76. The minimum atomic E-state index is 0.297. The number of hydrogen-bond acceptors (Lipinski definition) is 1. The first-order valence-corrected chi connectivity index (χ1v) is 3.81. The summed E-state index contributed by atoms with van der Waals surface area (Å²) < 4.78 is 0. The lowest BCUT2D eigenvalue weighted by Gasteiger charge is -1.94. The number of fused-ring (bicyclic) bond motifs is 1. The van der Waals surface area contributed by atoms with Crippen LogP contribution in [0.5, 0.6) is 0 Å². The molecule has 0 aliphatic heterocycles. The van der Waals surface area contributed by atoms with E-state index >= 15 is 0 Å². The van der Waals surface area contributed by atoms with Crippen molar-refractivity contribution in [2.45, 2.75) is 18.9 Å². The molecule has 0 aromatic carbocycles. The topological polar surface area (TPSA) is 28.1 Å². The number of nitrogens with zero attached hydrogens (tertiary/aromatic N) is 2. The van der Waals surface area contributed by atoms with E-state index in [9.17, 15) is 0 Å². The van der Waals surface area contributed by atoms with Crippen LogP contribution in [-0.4, -0.2) is 6.04 Å². The fraction of sp³-hybridized carbons (Fsp3) is 0.556. The minimum absolute atomic E-state index is 0.297. The standard InChI is InChI=1S/C9H8N2/c1-11-9-7-4-6(2-3-10)5-8(7)9/h2,7-9H,4-5H2. The Morgan fingerprint density at radius 1 is 1.55 bits per heavy atom. The van der Waals surface area contributed by atoms with Gasteiger partial charge in [-0.1, -0.05) is 5.57 Å². The van der Waals surface area contributed by atoms with Crippen LogP contribution in [0.25, 0.3) is 4.85 Å². The maximum atomic E-state index is 8.36. The molecule has 0 amide bonds. The average Bonchev–Trinajstić information content (AvgIpc) is 2.47.